The van der Waals surface area contributed by atoms with Gasteiger partial charge in [-0.05, 0) is 29.5 Å². The maximum absolute atomic E-state index is 3.23. The van der Waals surface area contributed by atoms with Gasteiger partial charge in [0.05, 0.1) is 0 Å². The van der Waals surface area contributed by atoms with Gasteiger partial charge in [-0.25, -0.2) is 0 Å². The lowest BCUT2D eigenvalue weighted by Gasteiger charge is -2.13. The minimum absolute atomic E-state index is 0.592. The quantitative estimate of drug-likeness (QED) is 0.746. The average Bonchev–Trinajstić information content (AvgIpc) is 2.16. The molecule has 1 N–H and O–H groups in total. The van der Waals surface area contributed by atoms with Crippen LogP contribution in [0.25, 0.3) is 0 Å². The standard InChI is InChI=1S/C12H19N/c1-5-10-6-7-12(13-4)11(8-10)9(2)3/h6-9,13H,5H2,1-4H3. The van der Waals surface area contributed by atoms with E-state index in [1.165, 1.54) is 16.8 Å². The number of nitrogens with one attached hydrogen (secondary N) is 1. The van der Waals surface area contributed by atoms with E-state index in [2.05, 4.69) is 44.3 Å². The van der Waals surface area contributed by atoms with E-state index in [1.807, 2.05) is 7.05 Å². The van der Waals surface area contributed by atoms with Crippen LogP contribution in [0.15, 0.2) is 18.2 Å². The Hall–Kier alpha value is -0.980. The molecule has 1 rings (SSSR count). The second-order valence-electron chi connectivity index (χ2n) is 3.68. The van der Waals surface area contributed by atoms with E-state index in [0.29, 0.717) is 5.92 Å². The predicted molar refractivity (Wildman–Crippen MR) is 59.5 cm³/mol. The van der Waals surface area contributed by atoms with E-state index in [1.54, 1.807) is 0 Å². The zero-order chi connectivity index (χ0) is 9.84. The second-order valence-corrected chi connectivity index (χ2v) is 3.68. The fourth-order valence-corrected chi connectivity index (χ4v) is 1.54. The summed E-state index contributed by atoms with van der Waals surface area (Å²) in [7, 11) is 1.98. The van der Waals surface area contributed by atoms with Crippen LogP contribution >= 0.6 is 0 Å². The third-order valence-corrected chi connectivity index (χ3v) is 2.42. The number of anilines is 1. The highest BCUT2D eigenvalue weighted by Gasteiger charge is 2.05. The van der Waals surface area contributed by atoms with E-state index in [9.17, 15) is 0 Å². The summed E-state index contributed by atoms with van der Waals surface area (Å²) in [4.78, 5) is 0. The van der Waals surface area contributed by atoms with Gasteiger partial charge in [0.15, 0.2) is 0 Å². The van der Waals surface area contributed by atoms with Crippen molar-refractivity contribution < 1.29 is 0 Å². The molecule has 0 saturated carbocycles. The zero-order valence-electron chi connectivity index (χ0n) is 9.02. The van der Waals surface area contributed by atoms with Crippen molar-refractivity contribution in [3.63, 3.8) is 0 Å². The van der Waals surface area contributed by atoms with E-state index < -0.39 is 0 Å². The van der Waals surface area contributed by atoms with Crippen molar-refractivity contribution in [3.8, 4) is 0 Å². The molecule has 0 unspecified atom stereocenters. The van der Waals surface area contributed by atoms with Crippen molar-refractivity contribution in [1.29, 1.82) is 0 Å². The molecule has 1 aromatic rings. The van der Waals surface area contributed by atoms with Crippen LogP contribution in [-0.4, -0.2) is 7.05 Å². The van der Waals surface area contributed by atoms with Crippen molar-refractivity contribution in [2.24, 2.45) is 0 Å². The highest BCUT2D eigenvalue weighted by molar-refractivity contribution is 5.53. The Bertz CT molecular complexity index is 276. The molecular formula is C12H19N. The van der Waals surface area contributed by atoms with E-state index in [4.69, 9.17) is 0 Å². The SMILES string of the molecule is CCc1ccc(NC)c(C(C)C)c1. The number of aryl methyl sites for hydroxylation is 1. The van der Waals surface area contributed by atoms with Crippen LogP contribution in [0.5, 0.6) is 0 Å². The number of benzene rings is 1. The maximum atomic E-state index is 3.23. The van der Waals surface area contributed by atoms with Crippen LogP contribution in [0.3, 0.4) is 0 Å². The first-order valence-corrected chi connectivity index (χ1v) is 4.99. The number of rotatable bonds is 3. The van der Waals surface area contributed by atoms with E-state index >= 15 is 0 Å². The fourth-order valence-electron chi connectivity index (χ4n) is 1.54. The van der Waals surface area contributed by atoms with Gasteiger partial charge in [0.1, 0.15) is 0 Å². The van der Waals surface area contributed by atoms with Crippen LogP contribution in [0.1, 0.15) is 37.8 Å². The first-order valence-electron chi connectivity index (χ1n) is 4.99. The van der Waals surface area contributed by atoms with Crippen LogP contribution < -0.4 is 5.32 Å². The van der Waals surface area contributed by atoms with Gasteiger partial charge in [0.25, 0.3) is 0 Å². The van der Waals surface area contributed by atoms with Crippen molar-refractivity contribution in [2.45, 2.75) is 33.1 Å². The Labute approximate surface area is 81.2 Å². The molecule has 0 fully saturated rings. The van der Waals surface area contributed by atoms with Gasteiger partial charge in [-0.3, -0.25) is 0 Å². The third-order valence-electron chi connectivity index (χ3n) is 2.42. The van der Waals surface area contributed by atoms with Gasteiger partial charge < -0.3 is 5.32 Å². The molecule has 72 valence electrons. The lowest BCUT2D eigenvalue weighted by molar-refractivity contribution is 0.864. The maximum Gasteiger partial charge on any atom is 0.0372 e. The van der Waals surface area contributed by atoms with Crippen molar-refractivity contribution in [3.05, 3.63) is 29.3 Å². The summed E-state index contributed by atoms with van der Waals surface area (Å²) < 4.78 is 0. The number of hydrogen-bond acceptors (Lipinski definition) is 1. The summed E-state index contributed by atoms with van der Waals surface area (Å²) >= 11 is 0. The van der Waals surface area contributed by atoms with Gasteiger partial charge in [-0.1, -0.05) is 32.9 Å². The van der Waals surface area contributed by atoms with Crippen molar-refractivity contribution in [1.82, 2.24) is 0 Å². The largest absolute Gasteiger partial charge is 0.388 e. The van der Waals surface area contributed by atoms with E-state index in [-0.39, 0.29) is 0 Å². The van der Waals surface area contributed by atoms with Crippen LogP contribution in [-0.2, 0) is 6.42 Å². The summed E-state index contributed by atoms with van der Waals surface area (Å²) in [5, 5.41) is 3.23. The van der Waals surface area contributed by atoms with Gasteiger partial charge in [-0.15, -0.1) is 0 Å². The second kappa shape index (κ2) is 4.31. The molecule has 0 saturated heterocycles. The molecule has 1 nitrogen and oxygen atoms in total. The summed E-state index contributed by atoms with van der Waals surface area (Å²) in [6.45, 7) is 6.66. The molecule has 1 aromatic carbocycles. The lowest BCUT2D eigenvalue weighted by Crippen LogP contribution is -1.98. The monoisotopic (exact) mass is 177 g/mol. The molecule has 1 heteroatoms. The molecule has 0 aliphatic carbocycles. The van der Waals surface area contributed by atoms with Gasteiger partial charge in [-0.2, -0.15) is 0 Å². The predicted octanol–water partition coefficient (Wildman–Crippen LogP) is 3.41. The van der Waals surface area contributed by atoms with Gasteiger partial charge in [0.2, 0.25) is 0 Å². The summed E-state index contributed by atoms with van der Waals surface area (Å²) in [5.74, 6) is 0.592. The summed E-state index contributed by atoms with van der Waals surface area (Å²) in [6.07, 6.45) is 1.11. The molecule has 0 aliphatic rings. The van der Waals surface area contributed by atoms with Gasteiger partial charge in [0, 0.05) is 12.7 Å². The summed E-state index contributed by atoms with van der Waals surface area (Å²) in [5.41, 5.74) is 4.09. The molecule has 0 aliphatic heterocycles. The minimum atomic E-state index is 0.592. The van der Waals surface area contributed by atoms with Crippen LogP contribution in [0.4, 0.5) is 5.69 Å². The molecule has 0 aromatic heterocycles. The van der Waals surface area contributed by atoms with Crippen molar-refractivity contribution >= 4 is 5.69 Å². The molecule has 0 radical (unpaired) electrons. The zero-order valence-corrected chi connectivity index (χ0v) is 9.02. The highest BCUT2D eigenvalue weighted by atomic mass is 14.8. The average molecular weight is 177 g/mol. The minimum Gasteiger partial charge on any atom is -0.388 e. The third kappa shape index (κ3) is 2.24. The Morgan fingerprint density at radius 1 is 1.31 bits per heavy atom. The Kier molecular flexibility index (Phi) is 3.35. The van der Waals surface area contributed by atoms with Gasteiger partial charge >= 0.3 is 0 Å². The molecule has 0 amide bonds. The smallest absolute Gasteiger partial charge is 0.0372 e. The van der Waals surface area contributed by atoms with Crippen LogP contribution in [0, 0.1) is 0 Å². The Morgan fingerprint density at radius 3 is 2.46 bits per heavy atom. The first kappa shape index (κ1) is 10.1. The molecular weight excluding hydrogens is 158 g/mol. The summed E-state index contributed by atoms with van der Waals surface area (Å²) in [6, 6.07) is 6.67. The molecule has 13 heavy (non-hydrogen) atoms. The van der Waals surface area contributed by atoms with Crippen LogP contribution in [0.2, 0.25) is 0 Å². The molecule has 0 spiro atoms. The highest BCUT2D eigenvalue weighted by Crippen LogP contribution is 2.25. The Morgan fingerprint density at radius 2 is 2.00 bits per heavy atom. The van der Waals surface area contributed by atoms with E-state index in [0.717, 1.165) is 6.42 Å². The number of hydrogen-bond donors (Lipinski definition) is 1. The molecule has 0 bridgehead atoms. The lowest BCUT2D eigenvalue weighted by atomic mass is 9.98. The van der Waals surface area contributed by atoms with Crippen molar-refractivity contribution in [2.75, 3.05) is 12.4 Å². The first-order chi connectivity index (χ1) is 6.19. The fraction of sp³-hybridized carbons (Fsp3) is 0.500. The Balaban J connectivity index is 3.10. The topological polar surface area (TPSA) is 12.0 Å². The normalized spacial score (nSPS) is 10.5. The molecule has 0 heterocycles. The molecule has 0 atom stereocenters.